The third-order valence-electron chi connectivity index (χ3n) is 4.77. The number of amides is 1. The minimum Gasteiger partial charge on any atom is -0.325 e. The number of hydrogen-bond acceptors (Lipinski definition) is 2. The van der Waals surface area contributed by atoms with Gasteiger partial charge < -0.3 is 5.32 Å². The lowest BCUT2D eigenvalue weighted by Crippen LogP contribution is -2.38. The van der Waals surface area contributed by atoms with Gasteiger partial charge in [-0.25, -0.2) is 0 Å². The van der Waals surface area contributed by atoms with Crippen molar-refractivity contribution in [2.75, 3.05) is 25.0 Å². The van der Waals surface area contributed by atoms with Gasteiger partial charge in [0, 0.05) is 5.69 Å². The van der Waals surface area contributed by atoms with E-state index < -0.39 is 0 Å². The molecule has 0 atom stereocenters. The summed E-state index contributed by atoms with van der Waals surface area (Å²) >= 11 is 0. The van der Waals surface area contributed by atoms with E-state index in [9.17, 15) is 4.79 Å². The molecule has 3 nitrogen and oxygen atoms in total. The first-order chi connectivity index (χ1) is 11.7. The van der Waals surface area contributed by atoms with Gasteiger partial charge in [-0.3, -0.25) is 9.69 Å². The second-order valence-electron chi connectivity index (χ2n) is 6.83. The molecule has 1 aliphatic rings. The van der Waals surface area contributed by atoms with Gasteiger partial charge in [0.15, 0.2) is 0 Å². The van der Waals surface area contributed by atoms with Crippen LogP contribution in [0.5, 0.6) is 0 Å². The Morgan fingerprint density at radius 1 is 1.04 bits per heavy atom. The molecule has 0 radical (unpaired) electrons. The molecule has 3 rings (SSSR count). The normalized spacial score (nSPS) is 16.0. The second-order valence-corrected chi connectivity index (χ2v) is 6.83. The number of benzene rings is 2. The van der Waals surface area contributed by atoms with Gasteiger partial charge in [-0.15, -0.1) is 0 Å². The highest BCUT2D eigenvalue weighted by molar-refractivity contribution is 5.93. The first-order valence-electron chi connectivity index (χ1n) is 8.85. The van der Waals surface area contributed by atoms with E-state index >= 15 is 0 Å². The van der Waals surface area contributed by atoms with Gasteiger partial charge in [-0.2, -0.15) is 0 Å². The average Bonchev–Trinajstić information content (AvgIpc) is 2.60. The number of nitrogens with zero attached hydrogens (tertiary/aromatic N) is 1. The van der Waals surface area contributed by atoms with E-state index in [-0.39, 0.29) is 5.91 Å². The third-order valence-corrected chi connectivity index (χ3v) is 4.77. The lowest BCUT2D eigenvalue weighted by molar-refractivity contribution is -0.117. The molecule has 126 valence electrons. The summed E-state index contributed by atoms with van der Waals surface area (Å²) in [5.74, 6) is 0.876. The summed E-state index contributed by atoms with van der Waals surface area (Å²) in [6.45, 7) is 4.84. The number of likely N-dealkylation sites (tertiary alicyclic amines) is 1. The van der Waals surface area contributed by atoms with E-state index in [0.29, 0.717) is 6.54 Å². The molecule has 0 bridgehead atoms. The number of piperidine rings is 1. The monoisotopic (exact) mass is 322 g/mol. The molecule has 1 heterocycles. The van der Waals surface area contributed by atoms with Crippen molar-refractivity contribution >= 4 is 11.6 Å². The summed E-state index contributed by atoms with van der Waals surface area (Å²) in [5.41, 5.74) is 3.34. The van der Waals surface area contributed by atoms with Crippen LogP contribution in [0, 0.1) is 5.92 Å². The fourth-order valence-electron chi connectivity index (χ4n) is 3.23. The molecule has 3 heteroatoms. The number of carbonyl (C=O) groups is 1. The van der Waals surface area contributed by atoms with E-state index in [0.717, 1.165) is 36.7 Å². The molecule has 0 spiro atoms. The van der Waals surface area contributed by atoms with E-state index in [1.165, 1.54) is 18.4 Å². The molecule has 2 aromatic carbocycles. The number of hydrogen-bond donors (Lipinski definition) is 1. The quantitative estimate of drug-likeness (QED) is 0.904. The Balaban J connectivity index is 1.61. The minimum absolute atomic E-state index is 0.0880. The Labute approximate surface area is 144 Å². The van der Waals surface area contributed by atoms with Crippen LogP contribution in [-0.2, 0) is 11.2 Å². The summed E-state index contributed by atoms with van der Waals surface area (Å²) in [4.78, 5) is 14.7. The summed E-state index contributed by atoms with van der Waals surface area (Å²) in [6, 6.07) is 18.5. The highest BCUT2D eigenvalue weighted by atomic mass is 16.2. The first kappa shape index (κ1) is 16.7. The van der Waals surface area contributed by atoms with Gasteiger partial charge in [0.25, 0.3) is 0 Å². The molecule has 2 aromatic rings. The average molecular weight is 322 g/mol. The molecule has 1 N–H and O–H groups in total. The van der Waals surface area contributed by atoms with E-state index in [2.05, 4.69) is 35.3 Å². The Morgan fingerprint density at radius 3 is 2.46 bits per heavy atom. The Bertz CT molecular complexity index is 661. The molecule has 0 unspecified atom stereocenters. The maximum atomic E-state index is 12.4. The van der Waals surface area contributed by atoms with Crippen molar-refractivity contribution in [2.45, 2.75) is 26.2 Å². The molecular weight excluding hydrogens is 296 g/mol. The number of carbonyl (C=O) groups excluding carboxylic acids is 1. The fraction of sp³-hybridized carbons (Fsp3) is 0.381. The maximum absolute atomic E-state index is 12.4. The Morgan fingerprint density at radius 2 is 1.71 bits per heavy atom. The summed E-state index contributed by atoms with van der Waals surface area (Å²) in [7, 11) is 0. The molecule has 24 heavy (non-hydrogen) atoms. The summed E-state index contributed by atoms with van der Waals surface area (Å²) in [6.07, 6.45) is 3.22. The number of nitrogens with one attached hydrogen (secondary N) is 1. The van der Waals surface area contributed by atoms with Crippen LogP contribution >= 0.6 is 0 Å². The molecule has 0 aromatic heterocycles. The lowest BCUT2D eigenvalue weighted by atomic mass is 9.99. The molecular formula is C21H26N2O. The predicted molar refractivity (Wildman–Crippen MR) is 99.2 cm³/mol. The molecule has 1 saturated heterocycles. The zero-order chi connectivity index (χ0) is 16.8. The van der Waals surface area contributed by atoms with Crippen molar-refractivity contribution in [3.05, 3.63) is 65.7 Å². The zero-order valence-corrected chi connectivity index (χ0v) is 14.4. The lowest BCUT2D eigenvalue weighted by Gasteiger charge is -2.29. The smallest absolute Gasteiger partial charge is 0.238 e. The Kier molecular flexibility index (Phi) is 5.65. The van der Waals surface area contributed by atoms with Gasteiger partial charge in [-0.1, -0.05) is 55.5 Å². The topological polar surface area (TPSA) is 32.3 Å². The fourth-order valence-corrected chi connectivity index (χ4v) is 3.23. The maximum Gasteiger partial charge on any atom is 0.238 e. The van der Waals surface area contributed by atoms with Crippen molar-refractivity contribution < 1.29 is 4.79 Å². The second kappa shape index (κ2) is 8.11. The predicted octanol–water partition coefficient (Wildman–Crippen LogP) is 3.95. The van der Waals surface area contributed by atoms with Gasteiger partial charge in [0.1, 0.15) is 0 Å². The van der Waals surface area contributed by atoms with Crippen molar-refractivity contribution in [3.8, 4) is 0 Å². The van der Waals surface area contributed by atoms with Gasteiger partial charge in [0.2, 0.25) is 5.91 Å². The van der Waals surface area contributed by atoms with E-state index in [1.807, 2.05) is 36.4 Å². The minimum atomic E-state index is 0.0880. The molecule has 1 aliphatic heterocycles. The van der Waals surface area contributed by atoms with Crippen LogP contribution in [0.3, 0.4) is 0 Å². The number of para-hydroxylation sites is 1. The number of rotatable bonds is 5. The van der Waals surface area contributed by atoms with Crippen molar-refractivity contribution in [1.82, 2.24) is 4.90 Å². The van der Waals surface area contributed by atoms with Crippen LogP contribution in [0.4, 0.5) is 5.69 Å². The summed E-state index contributed by atoms with van der Waals surface area (Å²) < 4.78 is 0. The van der Waals surface area contributed by atoms with Crippen LogP contribution in [0.25, 0.3) is 0 Å². The molecule has 0 aliphatic carbocycles. The largest absolute Gasteiger partial charge is 0.325 e. The van der Waals surface area contributed by atoms with Crippen LogP contribution in [0.2, 0.25) is 0 Å². The van der Waals surface area contributed by atoms with Crippen LogP contribution in [-0.4, -0.2) is 30.4 Å². The SMILES string of the molecule is CC1CCN(CC(=O)Nc2ccccc2Cc2ccccc2)CC1. The van der Waals surface area contributed by atoms with E-state index in [1.54, 1.807) is 0 Å². The molecule has 1 amide bonds. The van der Waals surface area contributed by atoms with Gasteiger partial charge in [-0.05, 0) is 55.5 Å². The van der Waals surface area contributed by atoms with Gasteiger partial charge >= 0.3 is 0 Å². The Hall–Kier alpha value is -2.13. The third kappa shape index (κ3) is 4.68. The van der Waals surface area contributed by atoms with Gasteiger partial charge in [0.05, 0.1) is 6.54 Å². The summed E-state index contributed by atoms with van der Waals surface area (Å²) in [5, 5.41) is 3.11. The number of anilines is 1. The first-order valence-corrected chi connectivity index (χ1v) is 8.85. The van der Waals surface area contributed by atoms with Crippen LogP contribution in [0.15, 0.2) is 54.6 Å². The molecule has 0 saturated carbocycles. The highest BCUT2D eigenvalue weighted by Crippen LogP contribution is 2.20. The van der Waals surface area contributed by atoms with Crippen molar-refractivity contribution in [3.63, 3.8) is 0 Å². The van der Waals surface area contributed by atoms with Crippen LogP contribution in [0.1, 0.15) is 30.9 Å². The zero-order valence-electron chi connectivity index (χ0n) is 14.4. The van der Waals surface area contributed by atoms with E-state index in [4.69, 9.17) is 0 Å². The molecule has 1 fully saturated rings. The van der Waals surface area contributed by atoms with Crippen molar-refractivity contribution in [1.29, 1.82) is 0 Å². The van der Waals surface area contributed by atoms with Crippen molar-refractivity contribution in [2.24, 2.45) is 5.92 Å². The standard InChI is InChI=1S/C21H26N2O/c1-17-11-13-23(14-12-17)16-21(24)22-20-10-6-5-9-19(20)15-18-7-3-2-4-8-18/h2-10,17H,11-16H2,1H3,(H,22,24). The highest BCUT2D eigenvalue weighted by Gasteiger charge is 2.18. The van der Waals surface area contributed by atoms with Crippen LogP contribution < -0.4 is 5.32 Å².